The van der Waals surface area contributed by atoms with Crippen molar-refractivity contribution < 1.29 is 30.3 Å². The van der Waals surface area contributed by atoms with Crippen molar-refractivity contribution in [2.45, 2.75) is 11.9 Å². The third kappa shape index (κ3) is 3.03. The van der Waals surface area contributed by atoms with Gasteiger partial charge in [0.15, 0.2) is 6.10 Å². The summed E-state index contributed by atoms with van der Waals surface area (Å²) in [4.78, 5) is 11.8. The molecule has 1 aliphatic carbocycles. The normalized spacial score (nSPS) is 24.0. The maximum absolute atomic E-state index is 11.8. The average Bonchev–Trinajstić information content (AvgIpc) is 2.45. The van der Waals surface area contributed by atoms with E-state index in [2.05, 4.69) is 0 Å². The molecule has 0 aliphatic heterocycles. The van der Waals surface area contributed by atoms with Crippen molar-refractivity contribution >= 4 is 11.5 Å². The van der Waals surface area contributed by atoms with Crippen LogP contribution in [-0.2, 0) is 4.79 Å². The van der Waals surface area contributed by atoms with E-state index in [9.17, 15) is 30.3 Å². The van der Waals surface area contributed by atoms with Gasteiger partial charge in [-0.1, -0.05) is 30.3 Å². The first kappa shape index (κ1) is 15.0. The van der Waals surface area contributed by atoms with Gasteiger partial charge in [-0.25, -0.2) is 0 Å². The van der Waals surface area contributed by atoms with E-state index < -0.39 is 23.4 Å². The van der Waals surface area contributed by atoms with Crippen molar-refractivity contribution in [1.29, 1.82) is 0 Å². The first-order valence-electron chi connectivity index (χ1n) is 6.08. The molecule has 6 nitrogen and oxygen atoms in total. The summed E-state index contributed by atoms with van der Waals surface area (Å²) in [6.45, 7) is 0. The van der Waals surface area contributed by atoms with E-state index in [0.717, 1.165) is 6.08 Å². The molecule has 0 saturated carbocycles. The lowest BCUT2D eigenvalue weighted by Crippen LogP contribution is -2.49. The summed E-state index contributed by atoms with van der Waals surface area (Å²) in [7, 11) is 0. The molecule has 0 bridgehead atoms. The van der Waals surface area contributed by atoms with Crippen LogP contribution in [0.1, 0.15) is 5.56 Å². The van der Waals surface area contributed by atoms with Crippen molar-refractivity contribution in [3.05, 3.63) is 65.5 Å². The Morgan fingerprint density at radius 3 is 2.43 bits per heavy atom. The van der Waals surface area contributed by atoms with Crippen LogP contribution in [0.4, 0.5) is 0 Å². The van der Waals surface area contributed by atoms with Gasteiger partial charge in [0.05, 0.1) is 5.57 Å². The Bertz CT molecular complexity index is 639. The minimum absolute atomic E-state index is 0.150. The van der Waals surface area contributed by atoms with Crippen LogP contribution < -0.4 is 0 Å². The Labute approximate surface area is 120 Å². The molecule has 0 spiro atoms. The summed E-state index contributed by atoms with van der Waals surface area (Å²) < 4.78 is 0. The van der Waals surface area contributed by atoms with Crippen molar-refractivity contribution in [2.24, 2.45) is 0 Å². The number of carbonyl (C=O) groups excluding carboxylic acids is 1. The molecule has 1 aromatic carbocycles. The molecule has 1 unspecified atom stereocenters. The maximum Gasteiger partial charge on any atom is 0.221 e. The quantitative estimate of drug-likeness (QED) is 0.309. The van der Waals surface area contributed by atoms with Crippen LogP contribution in [0.5, 0.6) is 0 Å². The van der Waals surface area contributed by atoms with Crippen LogP contribution in [0, 0.1) is 0 Å². The summed E-state index contributed by atoms with van der Waals surface area (Å²) in [6.07, 6.45) is 0.709. The van der Waals surface area contributed by atoms with Gasteiger partial charge in [-0.15, -0.1) is 0 Å². The predicted molar refractivity (Wildman–Crippen MR) is 74.0 cm³/mol. The number of hydrogen-bond donors (Lipinski definition) is 5. The van der Waals surface area contributed by atoms with Gasteiger partial charge < -0.3 is 25.5 Å². The third-order valence-electron chi connectivity index (χ3n) is 3.02. The zero-order valence-electron chi connectivity index (χ0n) is 10.8. The van der Waals surface area contributed by atoms with Crippen LogP contribution in [-0.4, -0.2) is 43.2 Å². The number of Topliss-reactive ketones (excluding diaryl/α,β-unsaturated/α-hetero) is 1. The fourth-order valence-electron chi connectivity index (χ4n) is 1.86. The topological polar surface area (TPSA) is 118 Å². The second-order valence-electron chi connectivity index (χ2n) is 4.58. The lowest BCUT2D eigenvalue weighted by molar-refractivity contribution is -0.193. The van der Waals surface area contributed by atoms with Gasteiger partial charge in [0.25, 0.3) is 0 Å². The first-order chi connectivity index (χ1) is 9.83. The van der Waals surface area contributed by atoms with E-state index in [1.165, 1.54) is 6.08 Å². The smallest absolute Gasteiger partial charge is 0.221 e. The number of allylic oxidation sites excluding steroid dienone is 3. The standard InChI is InChI=1S/C15H14O6/c16-11(9-4-2-1-3-5-9)7-6-10-12(17)8-15(20,21)14(19)13(10)18/h1-8,14,16-17,19-21H. The average molecular weight is 290 g/mol. The van der Waals surface area contributed by atoms with Crippen LogP contribution in [0.15, 0.2) is 59.9 Å². The molecule has 2 rings (SSSR count). The zero-order chi connectivity index (χ0) is 15.6. The number of carbonyl (C=O) groups is 1. The van der Waals surface area contributed by atoms with Gasteiger partial charge in [-0.2, -0.15) is 0 Å². The molecule has 6 heteroatoms. The molecule has 0 aromatic heterocycles. The Kier molecular flexibility index (Phi) is 3.95. The molecule has 0 heterocycles. The van der Waals surface area contributed by atoms with E-state index in [4.69, 9.17) is 0 Å². The molecule has 5 N–H and O–H groups in total. The highest BCUT2D eigenvalue weighted by molar-refractivity contribution is 6.04. The van der Waals surface area contributed by atoms with E-state index in [-0.39, 0.29) is 11.3 Å². The highest BCUT2D eigenvalue weighted by Crippen LogP contribution is 2.26. The van der Waals surface area contributed by atoms with Crippen molar-refractivity contribution in [3.63, 3.8) is 0 Å². The number of benzene rings is 1. The monoisotopic (exact) mass is 290 g/mol. The summed E-state index contributed by atoms with van der Waals surface area (Å²) in [5, 5.41) is 47.5. The highest BCUT2D eigenvalue weighted by Gasteiger charge is 2.43. The van der Waals surface area contributed by atoms with Gasteiger partial charge in [0, 0.05) is 11.6 Å². The fraction of sp³-hybridized carbons (Fsp3) is 0.133. The Balaban J connectivity index is 2.36. The molecule has 0 saturated heterocycles. The number of hydrogen-bond acceptors (Lipinski definition) is 6. The number of aliphatic hydroxyl groups excluding tert-OH is 3. The van der Waals surface area contributed by atoms with Gasteiger partial charge in [0.2, 0.25) is 11.6 Å². The minimum atomic E-state index is -2.82. The maximum atomic E-state index is 11.8. The van der Waals surface area contributed by atoms with Crippen LogP contribution in [0.2, 0.25) is 0 Å². The molecule has 0 radical (unpaired) electrons. The number of aliphatic hydroxyl groups is 5. The molecule has 110 valence electrons. The third-order valence-corrected chi connectivity index (χ3v) is 3.02. The summed E-state index contributed by atoms with van der Waals surface area (Å²) >= 11 is 0. The van der Waals surface area contributed by atoms with Gasteiger partial charge >= 0.3 is 0 Å². The Hall–Kier alpha value is -2.41. The number of ketones is 1. The van der Waals surface area contributed by atoms with E-state index in [1.54, 1.807) is 30.3 Å². The second kappa shape index (κ2) is 5.53. The lowest BCUT2D eigenvalue weighted by Gasteiger charge is -2.28. The van der Waals surface area contributed by atoms with Crippen LogP contribution in [0.25, 0.3) is 5.76 Å². The number of rotatable bonds is 2. The van der Waals surface area contributed by atoms with E-state index in [0.29, 0.717) is 11.6 Å². The van der Waals surface area contributed by atoms with Gasteiger partial charge in [-0.3, -0.25) is 4.79 Å². The molecular weight excluding hydrogens is 276 g/mol. The molecule has 21 heavy (non-hydrogen) atoms. The van der Waals surface area contributed by atoms with Gasteiger partial charge in [0.1, 0.15) is 11.5 Å². The molecular formula is C15H14O6. The molecule has 0 fully saturated rings. The predicted octanol–water partition coefficient (Wildman–Crippen LogP) is 0.578. The molecule has 0 amide bonds. The van der Waals surface area contributed by atoms with Crippen molar-refractivity contribution in [3.8, 4) is 0 Å². The second-order valence-corrected chi connectivity index (χ2v) is 4.58. The van der Waals surface area contributed by atoms with E-state index >= 15 is 0 Å². The largest absolute Gasteiger partial charge is 0.507 e. The summed E-state index contributed by atoms with van der Waals surface area (Å²) in [5.41, 5.74) is 0.170. The Morgan fingerprint density at radius 1 is 1.19 bits per heavy atom. The van der Waals surface area contributed by atoms with Crippen LogP contribution in [0.3, 0.4) is 0 Å². The minimum Gasteiger partial charge on any atom is -0.507 e. The van der Waals surface area contributed by atoms with Crippen molar-refractivity contribution in [2.75, 3.05) is 0 Å². The molecule has 1 aromatic rings. The van der Waals surface area contributed by atoms with E-state index in [1.807, 2.05) is 0 Å². The zero-order valence-corrected chi connectivity index (χ0v) is 10.8. The highest BCUT2D eigenvalue weighted by atomic mass is 16.5. The van der Waals surface area contributed by atoms with Crippen molar-refractivity contribution in [1.82, 2.24) is 0 Å². The lowest BCUT2D eigenvalue weighted by atomic mass is 9.91. The fourth-order valence-corrected chi connectivity index (χ4v) is 1.86. The Morgan fingerprint density at radius 2 is 1.81 bits per heavy atom. The van der Waals surface area contributed by atoms with Crippen LogP contribution >= 0.6 is 0 Å². The SMILES string of the molecule is O=C1C(=CC=C(O)c2ccccc2)C(O)=CC(O)(O)C1O. The summed E-state index contributed by atoms with van der Waals surface area (Å²) in [6, 6.07) is 8.48. The molecule has 1 atom stereocenters. The molecule has 1 aliphatic rings. The summed E-state index contributed by atoms with van der Waals surface area (Å²) in [5.74, 6) is -4.71. The first-order valence-corrected chi connectivity index (χ1v) is 6.08. The van der Waals surface area contributed by atoms with Gasteiger partial charge in [-0.05, 0) is 12.2 Å².